The van der Waals surface area contributed by atoms with Gasteiger partial charge in [0.15, 0.2) is 0 Å². The summed E-state index contributed by atoms with van der Waals surface area (Å²) < 4.78 is 51.8. The van der Waals surface area contributed by atoms with Crippen LogP contribution in [0.15, 0.2) is 0 Å². The van der Waals surface area contributed by atoms with Crippen molar-refractivity contribution in [2.45, 2.75) is 71.5 Å². The Kier molecular flexibility index (Phi) is 4.64. The van der Waals surface area contributed by atoms with E-state index in [0.717, 1.165) is 44.9 Å². The second-order valence-corrected chi connectivity index (χ2v) is 3.78. The van der Waals surface area contributed by atoms with Gasteiger partial charge in [0.2, 0.25) is 0 Å². The average molecular weight is 207 g/mol. The Balaban J connectivity index is 3.97. The minimum Gasteiger partial charge on any atom is -0.396 e. The molecule has 0 fully saturated rings. The molecule has 0 aromatic rings. The molecule has 0 atom stereocenters. The van der Waals surface area contributed by atoms with E-state index in [4.69, 9.17) is 14.7 Å². The van der Waals surface area contributed by atoms with Gasteiger partial charge in [-0.1, -0.05) is 65.1 Å². The first-order chi connectivity index (χ1) is 9.56. The van der Waals surface area contributed by atoms with Crippen LogP contribution in [0.5, 0.6) is 0 Å². The van der Waals surface area contributed by atoms with E-state index in [9.17, 15) is 0 Å². The second kappa shape index (κ2) is 11.0. The Hall–Kier alpha value is -0.0400. The first kappa shape index (κ1) is 5.89. The molecular weight excluding hydrogens is 172 g/mol. The molecule has 0 aromatic heterocycles. The maximum absolute atomic E-state index is 8.64. The maximum Gasteiger partial charge on any atom is 0.0431 e. The highest BCUT2D eigenvalue weighted by Gasteiger charge is 1.94. The van der Waals surface area contributed by atoms with E-state index in [1.54, 1.807) is 0 Å². The topological polar surface area (TPSA) is 20.2 Å². The molecule has 0 heterocycles. The van der Waals surface area contributed by atoms with Crippen molar-refractivity contribution in [1.29, 1.82) is 0 Å². The van der Waals surface area contributed by atoms with Crippen molar-refractivity contribution < 1.29 is 14.7 Å². The number of rotatable bonds is 10. The molecule has 0 aliphatic rings. The van der Waals surface area contributed by atoms with E-state index in [1.165, 1.54) is 0 Å². The van der Waals surface area contributed by atoms with Crippen LogP contribution in [0.1, 0.15) is 81.1 Å². The van der Waals surface area contributed by atoms with Crippen LogP contribution in [0.4, 0.5) is 0 Å². The third kappa shape index (κ3) is 12.0. The van der Waals surface area contributed by atoms with Crippen LogP contribution in [0, 0.1) is 5.89 Å². The van der Waals surface area contributed by atoms with Crippen LogP contribution < -0.4 is 0 Å². The summed E-state index contributed by atoms with van der Waals surface area (Å²) in [6.45, 7) is -5.35. The lowest BCUT2D eigenvalue weighted by atomic mass is 10.0. The van der Waals surface area contributed by atoms with E-state index < -0.39 is 19.6 Å². The third-order valence-corrected chi connectivity index (χ3v) is 2.33. The smallest absolute Gasteiger partial charge is 0.0431 e. The van der Waals surface area contributed by atoms with Crippen molar-refractivity contribution in [3.63, 3.8) is 0 Å². The van der Waals surface area contributed by atoms with Crippen molar-refractivity contribution in [3.8, 4) is 0 Å². The van der Waals surface area contributed by atoms with E-state index in [0.29, 0.717) is 6.42 Å². The third-order valence-electron chi connectivity index (χ3n) is 2.33. The first-order valence-corrected chi connectivity index (χ1v) is 5.67. The zero-order valence-electron chi connectivity index (χ0n) is 16.0. The van der Waals surface area contributed by atoms with E-state index in [2.05, 4.69) is 0 Å². The van der Waals surface area contributed by atoms with E-state index in [-0.39, 0.29) is 13.0 Å². The van der Waals surface area contributed by atoms with Gasteiger partial charge >= 0.3 is 0 Å². The minimum atomic E-state index is -2.79. The quantitative estimate of drug-likeness (QED) is 0.534. The molecule has 0 radical (unpaired) electrons. The van der Waals surface area contributed by atoms with Crippen LogP contribution in [0.2, 0.25) is 0 Å². The summed E-state index contributed by atoms with van der Waals surface area (Å²) in [7, 11) is 0. The second-order valence-electron chi connectivity index (χ2n) is 3.78. The van der Waals surface area contributed by atoms with Crippen molar-refractivity contribution in [3.05, 3.63) is 0 Å². The lowest BCUT2D eigenvalue weighted by Crippen LogP contribution is -1.87. The average Bonchev–Trinajstić information content (AvgIpc) is 2.33. The fraction of sp³-hybridized carbons (Fsp3) is 1.00. The molecule has 0 saturated heterocycles. The van der Waals surface area contributed by atoms with Gasteiger partial charge in [-0.25, -0.2) is 0 Å². The van der Waals surface area contributed by atoms with Gasteiger partial charge in [0.05, 0.1) is 0 Å². The summed E-state index contributed by atoms with van der Waals surface area (Å²) >= 11 is 0. The monoisotopic (exact) mass is 207 g/mol. The van der Waals surface area contributed by atoms with Gasteiger partial charge in [-0.15, -0.1) is 0 Å². The number of hydrogen-bond donors (Lipinski definition) is 1. The standard InChI is InChI=1S/C13H28O/c1-13(2)11-9-7-5-3-4-6-8-10-12-14/h13-14H,3-12H2,1-2H3/i1D3,2D3,13D. The molecule has 1 N–H and O–H groups in total. The Morgan fingerprint density at radius 1 is 0.929 bits per heavy atom. The molecule has 0 aliphatic carbocycles. The summed E-state index contributed by atoms with van der Waals surface area (Å²) in [6, 6.07) is 0. The molecule has 14 heavy (non-hydrogen) atoms. The van der Waals surface area contributed by atoms with E-state index in [1.807, 2.05) is 0 Å². The first-order valence-electron chi connectivity index (χ1n) is 9.17. The molecule has 86 valence electrons. The van der Waals surface area contributed by atoms with Gasteiger partial charge in [-0.3, -0.25) is 0 Å². The SMILES string of the molecule is [2H]C([2H])([2H])C([2H])(CCCCCCCCCCO)C([2H])([2H])[2H]. The summed E-state index contributed by atoms with van der Waals surface area (Å²) in [4.78, 5) is 0. The highest BCUT2D eigenvalue weighted by atomic mass is 16.2. The number of hydrogen-bond acceptors (Lipinski definition) is 1. The van der Waals surface area contributed by atoms with Crippen LogP contribution in [0.3, 0.4) is 0 Å². The largest absolute Gasteiger partial charge is 0.396 e. The van der Waals surface area contributed by atoms with Gasteiger partial charge in [0.25, 0.3) is 0 Å². The number of aliphatic hydroxyl groups is 1. The Morgan fingerprint density at radius 3 is 1.93 bits per heavy atom. The van der Waals surface area contributed by atoms with Crippen LogP contribution >= 0.6 is 0 Å². The summed E-state index contributed by atoms with van der Waals surface area (Å²) in [6.07, 6.45) is 7.05. The van der Waals surface area contributed by atoms with Gasteiger partial charge < -0.3 is 5.11 Å². The van der Waals surface area contributed by atoms with Gasteiger partial charge in [-0.2, -0.15) is 0 Å². The van der Waals surface area contributed by atoms with Crippen LogP contribution in [0.25, 0.3) is 0 Å². The normalized spacial score (nSPS) is 21.1. The van der Waals surface area contributed by atoms with Crippen molar-refractivity contribution in [1.82, 2.24) is 0 Å². The summed E-state index contributed by atoms with van der Waals surface area (Å²) in [5.74, 6) is -2.36. The van der Waals surface area contributed by atoms with Crippen LogP contribution in [-0.4, -0.2) is 11.7 Å². The Labute approximate surface area is 99.7 Å². The lowest BCUT2D eigenvalue weighted by molar-refractivity contribution is 0.282. The molecule has 0 aliphatic heterocycles. The van der Waals surface area contributed by atoms with E-state index >= 15 is 0 Å². The van der Waals surface area contributed by atoms with Gasteiger partial charge in [0, 0.05) is 16.2 Å². The van der Waals surface area contributed by atoms with Gasteiger partial charge in [0.1, 0.15) is 0 Å². The number of unbranched alkanes of at least 4 members (excludes halogenated alkanes) is 7. The molecule has 0 bridgehead atoms. The number of aliphatic hydroxyl groups excluding tert-OH is 1. The highest BCUT2D eigenvalue weighted by Crippen LogP contribution is 2.12. The Bertz CT molecular complexity index is 259. The fourth-order valence-electron chi connectivity index (χ4n) is 1.47. The van der Waals surface area contributed by atoms with Crippen molar-refractivity contribution in [2.24, 2.45) is 5.89 Å². The Morgan fingerprint density at radius 2 is 1.43 bits per heavy atom. The highest BCUT2D eigenvalue weighted by molar-refractivity contribution is 4.49. The zero-order valence-corrected chi connectivity index (χ0v) is 9.02. The predicted octanol–water partition coefficient (Wildman–Crippen LogP) is 4.15. The molecule has 0 aromatic carbocycles. The summed E-state index contributed by atoms with van der Waals surface area (Å²) in [5, 5.41) is 8.64. The lowest BCUT2D eigenvalue weighted by Gasteiger charge is -2.04. The molecule has 0 unspecified atom stereocenters. The predicted molar refractivity (Wildman–Crippen MR) is 63.5 cm³/mol. The maximum atomic E-state index is 8.64. The molecule has 0 spiro atoms. The summed E-state index contributed by atoms with van der Waals surface area (Å²) in [5.41, 5.74) is 0. The molecule has 1 heteroatoms. The van der Waals surface area contributed by atoms with Crippen molar-refractivity contribution >= 4 is 0 Å². The minimum absolute atomic E-state index is 0.121. The molecule has 0 rings (SSSR count). The zero-order chi connectivity index (χ0) is 16.6. The molecule has 1 nitrogen and oxygen atoms in total. The van der Waals surface area contributed by atoms with Gasteiger partial charge in [-0.05, 0) is 12.3 Å². The molecule has 0 saturated carbocycles. The van der Waals surface area contributed by atoms with Crippen molar-refractivity contribution in [2.75, 3.05) is 6.61 Å². The fourth-order valence-corrected chi connectivity index (χ4v) is 1.47. The molecule has 0 amide bonds. The van der Waals surface area contributed by atoms with Crippen LogP contribution in [-0.2, 0) is 0 Å². The molecular formula is C13H28O.